The van der Waals surface area contributed by atoms with Gasteiger partial charge in [-0.05, 0) is 60.7 Å². The number of nitrogens with zero attached hydrogens (tertiary/aromatic N) is 1. The first-order valence-electron chi connectivity index (χ1n) is 10.9. The van der Waals surface area contributed by atoms with E-state index < -0.39 is 11.2 Å². The molecule has 0 radical (unpaired) electrons. The van der Waals surface area contributed by atoms with E-state index in [-0.39, 0.29) is 29.7 Å². The number of nitrogens with two attached hydrogens (primary N) is 1. The average Bonchev–Trinajstić information content (AvgIpc) is 3.16. The van der Waals surface area contributed by atoms with E-state index in [2.05, 4.69) is 5.32 Å². The molecule has 1 heterocycles. The Hall–Kier alpha value is -4.31. The summed E-state index contributed by atoms with van der Waals surface area (Å²) in [5.74, 6) is -0.860. The molecule has 184 valence electrons. The Morgan fingerprint density at radius 2 is 1.56 bits per heavy atom. The fraction of sp³-hybridized carbons (Fsp3) is 0.154. The van der Waals surface area contributed by atoms with Crippen molar-refractivity contribution in [2.75, 3.05) is 24.4 Å². The molecule has 9 nitrogen and oxygen atoms in total. The molecular formula is C26H23N3O6S. The van der Waals surface area contributed by atoms with E-state index in [1.165, 1.54) is 50.2 Å². The molecule has 0 aromatic heterocycles. The van der Waals surface area contributed by atoms with E-state index in [0.717, 1.165) is 9.80 Å². The van der Waals surface area contributed by atoms with Crippen LogP contribution in [0.25, 0.3) is 0 Å². The lowest BCUT2D eigenvalue weighted by atomic mass is 10.1. The molecule has 3 N–H and O–H groups in total. The van der Waals surface area contributed by atoms with Crippen LogP contribution < -0.4 is 25.4 Å². The van der Waals surface area contributed by atoms with Crippen molar-refractivity contribution < 1.29 is 28.7 Å². The Kier molecular flexibility index (Phi) is 7.25. The van der Waals surface area contributed by atoms with Crippen LogP contribution in [0.3, 0.4) is 0 Å². The SMILES string of the molecule is COc1cccc(OC)c1C(=O)Nc1ccc(SC2CC(=O)N(c3ccc(C(N)=O)cc3)C2=O)cc1. The standard InChI is InChI=1S/C26H23N3O6S/c1-34-19-4-3-5-20(35-2)23(19)25(32)28-16-8-12-18(13-9-16)36-21-14-22(30)29(26(21)33)17-10-6-15(7-11-17)24(27)31/h3-13,21H,14H2,1-2H3,(H2,27,31)(H,28,32). The fourth-order valence-corrected chi connectivity index (χ4v) is 4.85. The van der Waals surface area contributed by atoms with E-state index in [9.17, 15) is 19.2 Å². The van der Waals surface area contributed by atoms with E-state index in [0.29, 0.717) is 28.4 Å². The van der Waals surface area contributed by atoms with Gasteiger partial charge in [-0.1, -0.05) is 6.07 Å². The van der Waals surface area contributed by atoms with Crippen molar-refractivity contribution in [2.45, 2.75) is 16.6 Å². The summed E-state index contributed by atoms with van der Waals surface area (Å²) < 4.78 is 10.6. The number of anilines is 2. The third-order valence-corrected chi connectivity index (χ3v) is 6.76. The Morgan fingerprint density at radius 1 is 0.944 bits per heavy atom. The fourth-order valence-electron chi connectivity index (χ4n) is 3.79. The Balaban J connectivity index is 1.43. The highest BCUT2D eigenvalue weighted by molar-refractivity contribution is 8.00. The number of carbonyl (C=O) groups is 4. The number of hydrogen-bond donors (Lipinski definition) is 2. The maximum absolute atomic E-state index is 12.9. The van der Waals surface area contributed by atoms with Gasteiger partial charge in [0.05, 0.1) is 25.2 Å². The zero-order chi connectivity index (χ0) is 25.8. The summed E-state index contributed by atoms with van der Waals surface area (Å²) >= 11 is 1.27. The number of thioether (sulfide) groups is 1. The number of rotatable bonds is 8. The van der Waals surface area contributed by atoms with Gasteiger partial charge in [-0.3, -0.25) is 19.2 Å². The summed E-state index contributed by atoms with van der Waals surface area (Å²) in [4.78, 5) is 51.5. The molecule has 3 aromatic carbocycles. The minimum atomic E-state index is -0.591. The molecule has 0 saturated carbocycles. The van der Waals surface area contributed by atoms with Crippen LogP contribution in [-0.4, -0.2) is 43.1 Å². The molecule has 1 aliphatic heterocycles. The molecule has 3 aromatic rings. The van der Waals surface area contributed by atoms with Crippen molar-refractivity contribution in [1.82, 2.24) is 0 Å². The predicted octanol–water partition coefficient (Wildman–Crippen LogP) is 3.48. The molecule has 1 aliphatic rings. The largest absolute Gasteiger partial charge is 0.496 e. The summed E-state index contributed by atoms with van der Waals surface area (Å²) in [5.41, 5.74) is 6.75. The van der Waals surface area contributed by atoms with Gasteiger partial charge in [0, 0.05) is 22.6 Å². The number of amides is 4. The lowest BCUT2D eigenvalue weighted by Gasteiger charge is -2.15. The number of carbonyl (C=O) groups excluding carboxylic acids is 4. The van der Waals surface area contributed by atoms with Gasteiger partial charge in [0.2, 0.25) is 17.7 Å². The van der Waals surface area contributed by atoms with Crippen molar-refractivity contribution in [3.8, 4) is 11.5 Å². The van der Waals surface area contributed by atoms with E-state index >= 15 is 0 Å². The van der Waals surface area contributed by atoms with Crippen LogP contribution in [0.2, 0.25) is 0 Å². The number of primary amides is 1. The minimum Gasteiger partial charge on any atom is -0.496 e. The zero-order valence-electron chi connectivity index (χ0n) is 19.5. The van der Waals surface area contributed by atoms with Gasteiger partial charge >= 0.3 is 0 Å². The lowest BCUT2D eigenvalue weighted by Crippen LogP contribution is -2.31. The Bertz CT molecular complexity index is 1300. The van der Waals surface area contributed by atoms with Crippen molar-refractivity contribution in [1.29, 1.82) is 0 Å². The van der Waals surface area contributed by atoms with Crippen molar-refractivity contribution >= 4 is 46.8 Å². The molecule has 4 rings (SSSR count). The van der Waals surface area contributed by atoms with Gasteiger partial charge in [-0.25, -0.2) is 4.90 Å². The van der Waals surface area contributed by atoms with Crippen LogP contribution in [0.1, 0.15) is 27.1 Å². The molecule has 36 heavy (non-hydrogen) atoms. The molecule has 4 amide bonds. The second-order valence-electron chi connectivity index (χ2n) is 7.81. The second-order valence-corrected chi connectivity index (χ2v) is 9.08. The van der Waals surface area contributed by atoms with Gasteiger partial charge < -0.3 is 20.5 Å². The highest BCUT2D eigenvalue weighted by atomic mass is 32.2. The van der Waals surface area contributed by atoms with Crippen LogP contribution in [-0.2, 0) is 9.59 Å². The number of nitrogens with one attached hydrogen (secondary N) is 1. The molecule has 1 unspecified atom stereocenters. The van der Waals surface area contributed by atoms with Crippen molar-refractivity contribution in [3.05, 3.63) is 77.9 Å². The van der Waals surface area contributed by atoms with E-state index in [4.69, 9.17) is 15.2 Å². The van der Waals surface area contributed by atoms with E-state index in [1.54, 1.807) is 42.5 Å². The molecule has 0 spiro atoms. The van der Waals surface area contributed by atoms with Gasteiger partial charge in [-0.2, -0.15) is 0 Å². The van der Waals surface area contributed by atoms with Crippen LogP contribution in [0, 0.1) is 0 Å². The summed E-state index contributed by atoms with van der Waals surface area (Å²) in [6.07, 6.45) is 0.0488. The first-order chi connectivity index (χ1) is 17.3. The van der Waals surface area contributed by atoms with Gasteiger partial charge in [0.25, 0.3) is 5.91 Å². The van der Waals surface area contributed by atoms with Crippen LogP contribution in [0.5, 0.6) is 11.5 Å². The van der Waals surface area contributed by atoms with Gasteiger partial charge in [-0.15, -0.1) is 11.8 Å². The summed E-state index contributed by atoms with van der Waals surface area (Å²) in [7, 11) is 2.95. The number of benzene rings is 3. The van der Waals surface area contributed by atoms with Crippen LogP contribution in [0.15, 0.2) is 71.6 Å². The zero-order valence-corrected chi connectivity index (χ0v) is 20.3. The third kappa shape index (κ3) is 5.03. The highest BCUT2D eigenvalue weighted by Gasteiger charge is 2.40. The summed E-state index contributed by atoms with van der Waals surface area (Å²) in [5, 5.41) is 2.22. The molecule has 1 atom stereocenters. The first-order valence-corrected chi connectivity index (χ1v) is 11.8. The van der Waals surface area contributed by atoms with Crippen molar-refractivity contribution in [2.24, 2.45) is 5.73 Å². The number of hydrogen-bond acceptors (Lipinski definition) is 7. The maximum atomic E-state index is 12.9. The molecule has 10 heteroatoms. The molecule has 1 saturated heterocycles. The van der Waals surface area contributed by atoms with Crippen LogP contribution >= 0.6 is 11.8 Å². The quantitative estimate of drug-likeness (QED) is 0.449. The number of imide groups is 1. The monoisotopic (exact) mass is 505 g/mol. The number of methoxy groups -OCH3 is 2. The topological polar surface area (TPSA) is 128 Å². The normalized spacial score (nSPS) is 15.1. The maximum Gasteiger partial charge on any atom is 0.263 e. The van der Waals surface area contributed by atoms with Gasteiger partial charge in [0.15, 0.2) is 0 Å². The third-order valence-electron chi connectivity index (χ3n) is 5.56. The molecule has 1 fully saturated rings. The van der Waals surface area contributed by atoms with E-state index in [1.807, 2.05) is 0 Å². The number of ether oxygens (including phenoxy) is 2. The Morgan fingerprint density at radius 3 is 2.11 bits per heavy atom. The Labute approximate surface area is 211 Å². The molecule has 0 bridgehead atoms. The minimum absolute atomic E-state index is 0.0488. The average molecular weight is 506 g/mol. The first kappa shape index (κ1) is 24.8. The molecule has 0 aliphatic carbocycles. The van der Waals surface area contributed by atoms with Crippen LogP contribution in [0.4, 0.5) is 11.4 Å². The van der Waals surface area contributed by atoms with Gasteiger partial charge in [0.1, 0.15) is 17.1 Å². The van der Waals surface area contributed by atoms with Crippen molar-refractivity contribution in [3.63, 3.8) is 0 Å². The highest BCUT2D eigenvalue weighted by Crippen LogP contribution is 2.35. The predicted molar refractivity (Wildman–Crippen MR) is 136 cm³/mol. The second kappa shape index (κ2) is 10.5. The molecular weight excluding hydrogens is 482 g/mol. The summed E-state index contributed by atoms with van der Waals surface area (Å²) in [6, 6.07) is 18.0. The summed E-state index contributed by atoms with van der Waals surface area (Å²) in [6.45, 7) is 0. The lowest BCUT2D eigenvalue weighted by molar-refractivity contribution is -0.121. The smallest absolute Gasteiger partial charge is 0.263 e.